The number of rotatable bonds is 6. The highest BCUT2D eigenvalue weighted by molar-refractivity contribution is 6.09. The van der Waals surface area contributed by atoms with Gasteiger partial charge in [-0.2, -0.15) is 0 Å². The number of carbonyl (C=O) groups is 2. The third-order valence-electron chi connectivity index (χ3n) is 7.69. The maximum absolute atomic E-state index is 13.5. The van der Waals surface area contributed by atoms with Crippen LogP contribution in [0.15, 0.2) is 65.5 Å². The lowest BCUT2D eigenvalue weighted by Crippen LogP contribution is -2.44. The van der Waals surface area contributed by atoms with Gasteiger partial charge in [-0.15, -0.1) is 0 Å². The Morgan fingerprint density at radius 3 is 2.47 bits per heavy atom. The Hall–Kier alpha value is -3.71. The molecule has 0 unspecified atom stereocenters. The number of amides is 1. The lowest BCUT2D eigenvalue weighted by Gasteiger charge is -2.33. The highest BCUT2D eigenvalue weighted by Crippen LogP contribution is 2.31. The fourth-order valence-corrected chi connectivity index (χ4v) is 5.44. The smallest absolute Gasteiger partial charge is 0.252 e. The minimum atomic E-state index is -0.181. The van der Waals surface area contributed by atoms with E-state index in [-0.39, 0.29) is 24.3 Å². The van der Waals surface area contributed by atoms with Crippen molar-refractivity contribution in [1.82, 2.24) is 19.8 Å². The van der Waals surface area contributed by atoms with Crippen LogP contribution in [0.1, 0.15) is 50.5 Å². The summed E-state index contributed by atoms with van der Waals surface area (Å²) in [7, 11) is 2.15. The molecule has 0 saturated carbocycles. The van der Waals surface area contributed by atoms with E-state index in [9.17, 15) is 9.59 Å². The van der Waals surface area contributed by atoms with Crippen LogP contribution in [0.3, 0.4) is 0 Å². The summed E-state index contributed by atoms with van der Waals surface area (Å²) in [5, 5.41) is 3.93. The van der Waals surface area contributed by atoms with Crippen LogP contribution >= 0.6 is 0 Å². The molecule has 1 aliphatic heterocycles. The number of fused-ring (bicyclic) bond motifs is 1. The number of likely N-dealkylation sites (N-methyl/N-ethyl adjacent to an activating group) is 1. The van der Waals surface area contributed by atoms with Gasteiger partial charge in [-0.1, -0.05) is 11.6 Å². The van der Waals surface area contributed by atoms with Gasteiger partial charge in [0.1, 0.15) is 5.82 Å². The number of piperazine rings is 1. The Balaban J connectivity index is 1.46. The number of nitrogens with one attached hydrogen (secondary N) is 1. The first-order valence-electron chi connectivity index (χ1n) is 13.4. The van der Waals surface area contributed by atoms with Crippen molar-refractivity contribution in [3.05, 3.63) is 71.1 Å². The zero-order chi connectivity index (χ0) is 27.0. The number of pyridine rings is 1. The Kier molecular flexibility index (Phi) is 7.21. The van der Waals surface area contributed by atoms with Crippen molar-refractivity contribution in [2.24, 2.45) is 0 Å². The highest BCUT2D eigenvalue weighted by atomic mass is 16.2. The number of carbonyl (C=O) groups excluding carboxylic acids is 2. The van der Waals surface area contributed by atoms with Crippen LogP contribution in [-0.2, 0) is 4.79 Å². The molecule has 2 aromatic heterocycles. The number of aromatic nitrogens is 2. The number of anilines is 1. The van der Waals surface area contributed by atoms with Crippen LogP contribution in [0.25, 0.3) is 22.0 Å². The van der Waals surface area contributed by atoms with E-state index in [1.165, 1.54) is 0 Å². The molecule has 5 rings (SSSR count). The first kappa shape index (κ1) is 25.9. The molecule has 1 saturated heterocycles. The molecule has 3 heterocycles. The number of ketones is 1. The molecule has 198 valence electrons. The van der Waals surface area contributed by atoms with Crippen LogP contribution in [-0.4, -0.2) is 65.9 Å². The molecule has 38 heavy (non-hydrogen) atoms. The van der Waals surface area contributed by atoms with Crippen LogP contribution in [0, 0.1) is 0 Å². The summed E-state index contributed by atoms with van der Waals surface area (Å²) in [6.07, 6.45) is 6.39. The largest absolute Gasteiger partial charge is 0.354 e. The molecule has 0 atom stereocenters. The predicted octanol–water partition coefficient (Wildman–Crippen LogP) is 5.00. The molecule has 7 heteroatoms. The van der Waals surface area contributed by atoms with E-state index < -0.39 is 0 Å². The first-order valence-corrected chi connectivity index (χ1v) is 13.4. The molecular weight excluding hydrogens is 474 g/mol. The minimum Gasteiger partial charge on any atom is -0.354 e. The molecule has 0 radical (unpaired) electrons. The summed E-state index contributed by atoms with van der Waals surface area (Å²) in [5.74, 6) is 0.885. The van der Waals surface area contributed by atoms with Gasteiger partial charge in [0.15, 0.2) is 5.78 Å². The van der Waals surface area contributed by atoms with E-state index >= 15 is 0 Å². The van der Waals surface area contributed by atoms with Gasteiger partial charge in [0.05, 0.1) is 0 Å². The molecule has 0 bridgehead atoms. The maximum Gasteiger partial charge on any atom is 0.252 e. The lowest BCUT2D eigenvalue weighted by molar-refractivity contribution is -0.115. The molecule has 0 spiro atoms. The number of allylic oxidation sites excluding steroid dienone is 3. The molecular formula is C31H37N5O2. The normalized spacial score (nSPS) is 16.9. The fourth-order valence-electron chi connectivity index (χ4n) is 5.44. The van der Waals surface area contributed by atoms with Crippen molar-refractivity contribution >= 4 is 28.4 Å². The summed E-state index contributed by atoms with van der Waals surface area (Å²) in [6.45, 7) is 12.4. The maximum atomic E-state index is 13.5. The second-order valence-corrected chi connectivity index (χ2v) is 10.9. The predicted molar refractivity (Wildman–Crippen MR) is 154 cm³/mol. The number of hydrogen-bond donors (Lipinski definition) is 1. The zero-order valence-corrected chi connectivity index (χ0v) is 23.0. The Morgan fingerprint density at radius 2 is 1.82 bits per heavy atom. The lowest BCUT2D eigenvalue weighted by atomic mass is 9.92. The SMILES string of the molecule is CC1=CC(C)=C(CNC(=O)c2cc(-c3ccc(N4CCN(C)CC4)nc3)cc3c2ccn3C(C)C)C(=O)C1. The second-order valence-electron chi connectivity index (χ2n) is 10.9. The standard InChI is InChI=1S/C31H37N5O2/c1-20(2)36-9-8-25-26(31(38)33-19-27-22(4)14-21(3)15-29(27)37)16-24(17-28(25)36)23-6-7-30(32-18-23)35-12-10-34(5)11-13-35/h6-9,14,16-18,20H,10-13,15,19H2,1-5H3,(H,33,38). The minimum absolute atomic E-state index is 0.0826. The Labute approximate surface area is 224 Å². The van der Waals surface area contributed by atoms with Crippen LogP contribution in [0.2, 0.25) is 0 Å². The highest BCUT2D eigenvalue weighted by Gasteiger charge is 2.21. The van der Waals surface area contributed by atoms with Gasteiger partial charge in [0, 0.05) is 85.2 Å². The number of hydrogen-bond acceptors (Lipinski definition) is 5. The number of nitrogens with zero attached hydrogens (tertiary/aromatic N) is 4. The van der Waals surface area contributed by atoms with Crippen LogP contribution < -0.4 is 10.2 Å². The summed E-state index contributed by atoms with van der Waals surface area (Å²) in [5.41, 5.74) is 6.19. The average molecular weight is 512 g/mol. The summed E-state index contributed by atoms with van der Waals surface area (Å²) >= 11 is 0. The molecule has 2 aliphatic rings. The monoisotopic (exact) mass is 511 g/mol. The zero-order valence-electron chi connectivity index (χ0n) is 23.0. The quantitative estimate of drug-likeness (QED) is 0.504. The van der Waals surface area contributed by atoms with Crippen molar-refractivity contribution in [2.75, 3.05) is 44.7 Å². The topological polar surface area (TPSA) is 70.5 Å². The van der Waals surface area contributed by atoms with Crippen molar-refractivity contribution in [3.8, 4) is 11.1 Å². The van der Waals surface area contributed by atoms with Gasteiger partial charge in [0.2, 0.25) is 0 Å². The van der Waals surface area contributed by atoms with E-state index in [0.29, 0.717) is 17.6 Å². The molecule has 1 aromatic carbocycles. The molecule has 1 fully saturated rings. The van der Waals surface area contributed by atoms with Crippen LogP contribution in [0.5, 0.6) is 0 Å². The Morgan fingerprint density at radius 1 is 1.05 bits per heavy atom. The van der Waals surface area contributed by atoms with Gasteiger partial charge in [-0.05, 0) is 76.2 Å². The van der Waals surface area contributed by atoms with Crippen molar-refractivity contribution in [2.45, 2.75) is 40.2 Å². The fraction of sp³-hybridized carbons (Fsp3) is 0.387. The van der Waals surface area contributed by atoms with Gasteiger partial charge in [-0.25, -0.2) is 4.98 Å². The van der Waals surface area contributed by atoms with E-state index in [4.69, 9.17) is 4.98 Å². The second kappa shape index (κ2) is 10.6. The Bertz CT molecular complexity index is 1440. The van der Waals surface area contributed by atoms with E-state index in [2.05, 4.69) is 58.8 Å². The van der Waals surface area contributed by atoms with Crippen LogP contribution in [0.4, 0.5) is 5.82 Å². The first-order chi connectivity index (χ1) is 18.2. The third-order valence-corrected chi connectivity index (χ3v) is 7.69. The van der Waals surface area contributed by atoms with Gasteiger partial charge >= 0.3 is 0 Å². The van der Waals surface area contributed by atoms with Crippen molar-refractivity contribution < 1.29 is 9.59 Å². The van der Waals surface area contributed by atoms with E-state index in [1.54, 1.807) is 0 Å². The summed E-state index contributed by atoms with van der Waals surface area (Å²) in [4.78, 5) is 35.5. The molecule has 1 aliphatic carbocycles. The molecule has 7 nitrogen and oxygen atoms in total. The third kappa shape index (κ3) is 5.16. The van der Waals surface area contributed by atoms with Crippen molar-refractivity contribution in [3.63, 3.8) is 0 Å². The average Bonchev–Trinajstić information content (AvgIpc) is 3.32. The molecule has 1 amide bonds. The van der Waals surface area contributed by atoms with Gasteiger partial charge in [-0.3, -0.25) is 9.59 Å². The number of Topliss-reactive ketones (excluding diaryl/α,β-unsaturated/α-hetero) is 1. The van der Waals surface area contributed by atoms with E-state index in [0.717, 1.165) is 65.2 Å². The van der Waals surface area contributed by atoms with E-state index in [1.807, 2.05) is 44.4 Å². The van der Waals surface area contributed by atoms with Gasteiger partial charge < -0.3 is 19.7 Å². The summed E-state index contributed by atoms with van der Waals surface area (Å²) < 4.78 is 2.19. The van der Waals surface area contributed by atoms with Crippen molar-refractivity contribution in [1.29, 1.82) is 0 Å². The number of benzene rings is 1. The van der Waals surface area contributed by atoms with Gasteiger partial charge in [0.25, 0.3) is 5.91 Å². The molecule has 1 N–H and O–H groups in total. The molecule has 3 aromatic rings. The summed E-state index contributed by atoms with van der Waals surface area (Å²) in [6, 6.07) is 10.5.